The van der Waals surface area contributed by atoms with Crippen molar-refractivity contribution in [2.24, 2.45) is 5.73 Å². The zero-order valence-electron chi connectivity index (χ0n) is 24.9. The van der Waals surface area contributed by atoms with Crippen LogP contribution in [-0.4, -0.2) is 56.4 Å². The van der Waals surface area contributed by atoms with Crippen molar-refractivity contribution in [1.82, 2.24) is 10.6 Å². The molecule has 0 saturated heterocycles. The van der Waals surface area contributed by atoms with Gasteiger partial charge in [0.15, 0.2) is 0 Å². The number of hydrogen-bond acceptors (Lipinski definition) is 6. The summed E-state index contributed by atoms with van der Waals surface area (Å²) in [5.74, 6) is -1.19. The lowest BCUT2D eigenvalue weighted by Gasteiger charge is -2.27. The number of benzene rings is 4. The van der Waals surface area contributed by atoms with E-state index in [9.17, 15) is 19.2 Å². The number of likely N-dealkylation sites (N-methyl/N-ethyl adjacent to an activating group) is 1. The maximum Gasteiger partial charge on any atom is 0.258 e. The first-order chi connectivity index (χ1) is 21.1. The van der Waals surface area contributed by atoms with Crippen LogP contribution in [0.1, 0.15) is 33.2 Å². The third-order valence-electron chi connectivity index (χ3n) is 7.78. The Kier molecular flexibility index (Phi) is 10.5. The number of para-hydroxylation sites is 2. The van der Waals surface area contributed by atoms with E-state index in [4.69, 9.17) is 10.5 Å². The number of primary amides is 1. The zero-order valence-corrected chi connectivity index (χ0v) is 27.3. The molecule has 4 aromatic rings. The molecule has 10 nitrogen and oxygen atoms in total. The molecule has 1 heterocycles. The van der Waals surface area contributed by atoms with E-state index < -0.39 is 23.9 Å². The van der Waals surface area contributed by atoms with E-state index in [2.05, 4.69) is 26.6 Å². The maximum absolute atomic E-state index is 14.4. The predicted molar refractivity (Wildman–Crippen MR) is 180 cm³/mol. The molecule has 0 saturated carbocycles. The van der Waals surface area contributed by atoms with E-state index in [-0.39, 0.29) is 42.9 Å². The number of nitrogens with two attached hydrogens (primary N) is 1. The summed E-state index contributed by atoms with van der Waals surface area (Å²) in [7, 11) is 3.23. The summed E-state index contributed by atoms with van der Waals surface area (Å²) >= 11 is 3.53. The van der Waals surface area contributed by atoms with Crippen LogP contribution in [0.5, 0.6) is 5.75 Å². The predicted octanol–water partition coefficient (Wildman–Crippen LogP) is 4.42. The molecule has 0 spiro atoms. The van der Waals surface area contributed by atoms with E-state index in [1.165, 1.54) is 29.2 Å². The topological polar surface area (TPSA) is 134 Å². The van der Waals surface area contributed by atoms with Crippen molar-refractivity contribution in [3.8, 4) is 5.75 Å². The van der Waals surface area contributed by atoms with Crippen LogP contribution in [0.2, 0.25) is 0 Å². The second-order valence-electron chi connectivity index (χ2n) is 10.5. The highest BCUT2D eigenvalue weighted by molar-refractivity contribution is 9.10. The molecule has 0 aromatic heterocycles. The summed E-state index contributed by atoms with van der Waals surface area (Å²) < 4.78 is 6.65. The smallest absolute Gasteiger partial charge is 0.258 e. The van der Waals surface area contributed by atoms with Gasteiger partial charge in [0, 0.05) is 21.2 Å². The van der Waals surface area contributed by atoms with Gasteiger partial charge in [-0.3, -0.25) is 19.2 Å². The second-order valence-corrected chi connectivity index (χ2v) is 11.4. The molecule has 12 heteroatoms. The molecule has 45 heavy (non-hydrogen) atoms. The van der Waals surface area contributed by atoms with Gasteiger partial charge in [-0.25, -0.2) is 0 Å². The summed E-state index contributed by atoms with van der Waals surface area (Å²) in [6.45, 7) is 1.68. The lowest BCUT2D eigenvalue weighted by atomic mass is 10.0. The summed E-state index contributed by atoms with van der Waals surface area (Å²) in [6, 6.07) is 21.2. The van der Waals surface area contributed by atoms with Crippen LogP contribution in [0.25, 0.3) is 10.8 Å². The molecular formula is C33H33BrClN5O5. The molecule has 234 valence electrons. The minimum atomic E-state index is -1.07. The average Bonchev–Trinajstić information content (AvgIpc) is 3.14. The number of halogens is 2. The number of anilines is 2. The van der Waals surface area contributed by atoms with E-state index >= 15 is 0 Å². The lowest BCUT2D eigenvalue weighted by molar-refractivity contribution is -0.128. The monoisotopic (exact) mass is 693 g/mol. The van der Waals surface area contributed by atoms with Crippen LogP contribution >= 0.6 is 28.3 Å². The van der Waals surface area contributed by atoms with Gasteiger partial charge < -0.3 is 30.9 Å². The molecule has 1 aliphatic rings. The van der Waals surface area contributed by atoms with Crippen LogP contribution in [-0.2, 0) is 16.1 Å². The van der Waals surface area contributed by atoms with Crippen molar-refractivity contribution in [3.63, 3.8) is 0 Å². The molecule has 5 rings (SSSR count). The van der Waals surface area contributed by atoms with Gasteiger partial charge in [0.25, 0.3) is 11.8 Å². The lowest BCUT2D eigenvalue weighted by Crippen LogP contribution is -2.55. The van der Waals surface area contributed by atoms with Gasteiger partial charge in [-0.15, -0.1) is 12.4 Å². The number of nitrogens with zero attached hydrogens (tertiary/aromatic N) is 2. The molecule has 4 aromatic carbocycles. The number of hydrogen-bond donors (Lipinski definition) is 3. The third kappa shape index (κ3) is 6.80. The van der Waals surface area contributed by atoms with Crippen LogP contribution in [0.3, 0.4) is 0 Å². The first kappa shape index (κ1) is 33.4. The van der Waals surface area contributed by atoms with Crippen molar-refractivity contribution in [1.29, 1.82) is 0 Å². The van der Waals surface area contributed by atoms with Crippen molar-refractivity contribution >= 4 is 74.1 Å². The highest BCUT2D eigenvalue weighted by Gasteiger charge is 2.38. The fourth-order valence-electron chi connectivity index (χ4n) is 5.27. The SMILES string of the molecule is CN[C@@H](C)C(=O)N[C@H]1CN(C(=O)c2ccc(C(N)=O)cc2)c2ccccc2N(Cc2c(OC)ccc3cc(Br)ccc23)C1=O.Cl. The Labute approximate surface area is 275 Å². The number of fused-ring (bicyclic) bond motifs is 2. The van der Waals surface area contributed by atoms with Crippen LogP contribution in [0.4, 0.5) is 11.4 Å². The van der Waals surface area contributed by atoms with Crippen LogP contribution in [0, 0.1) is 0 Å². The van der Waals surface area contributed by atoms with Crippen molar-refractivity contribution in [2.75, 3.05) is 30.5 Å². The molecule has 0 aliphatic carbocycles. The van der Waals surface area contributed by atoms with E-state index in [1.807, 2.05) is 30.3 Å². The van der Waals surface area contributed by atoms with E-state index in [1.54, 1.807) is 50.2 Å². The van der Waals surface area contributed by atoms with E-state index in [0.717, 1.165) is 20.8 Å². The highest BCUT2D eigenvalue weighted by atomic mass is 79.9. The first-order valence-corrected chi connectivity index (χ1v) is 14.8. The zero-order chi connectivity index (χ0) is 31.5. The number of rotatable bonds is 8. The Morgan fingerprint density at radius 2 is 1.67 bits per heavy atom. The van der Waals surface area contributed by atoms with Crippen molar-refractivity contribution < 1.29 is 23.9 Å². The Hall–Kier alpha value is -4.45. The molecular weight excluding hydrogens is 662 g/mol. The largest absolute Gasteiger partial charge is 0.496 e. The van der Waals surface area contributed by atoms with E-state index in [0.29, 0.717) is 22.7 Å². The Balaban J connectivity index is 0.00000461. The standard InChI is InChI=1S/C33H32BrN5O5.ClH/c1-19(36-2)31(41)37-26-18-39(32(42)21-10-8-20(9-11-21)30(35)40)28-7-5-4-6-27(28)38(33(26)43)17-25-24-14-13-23(34)16-22(24)12-15-29(25)44-3;/h4-16,19,26,36H,17-18H2,1-3H3,(H2,35,40)(H,37,41);1H/t19-,26-;/m0./s1. The number of nitrogens with one attached hydrogen (secondary N) is 2. The third-order valence-corrected chi connectivity index (χ3v) is 8.28. The van der Waals surface area contributed by atoms with Gasteiger partial charge in [0.05, 0.1) is 37.6 Å². The fourth-order valence-corrected chi connectivity index (χ4v) is 5.65. The summed E-state index contributed by atoms with van der Waals surface area (Å²) in [5.41, 5.74) is 7.71. The molecule has 2 atom stereocenters. The van der Waals surface area contributed by atoms with Gasteiger partial charge in [0.2, 0.25) is 11.8 Å². The van der Waals surface area contributed by atoms with Gasteiger partial charge in [-0.1, -0.05) is 40.2 Å². The van der Waals surface area contributed by atoms with Gasteiger partial charge >= 0.3 is 0 Å². The summed E-state index contributed by atoms with van der Waals surface area (Å²) in [4.78, 5) is 56.2. The van der Waals surface area contributed by atoms with Crippen molar-refractivity contribution in [2.45, 2.75) is 25.6 Å². The van der Waals surface area contributed by atoms with Crippen LogP contribution in [0.15, 0.2) is 83.3 Å². The number of methoxy groups -OCH3 is 1. The molecule has 0 radical (unpaired) electrons. The Morgan fingerprint density at radius 3 is 2.31 bits per heavy atom. The second kappa shape index (κ2) is 14.1. The Bertz CT molecular complexity index is 1770. The molecule has 1 aliphatic heterocycles. The molecule has 0 unspecified atom stereocenters. The normalized spacial score (nSPS) is 15.0. The molecule has 0 bridgehead atoms. The van der Waals surface area contributed by atoms with Crippen LogP contribution < -0.4 is 30.9 Å². The van der Waals surface area contributed by atoms with Crippen molar-refractivity contribution in [3.05, 3.63) is 100 Å². The molecule has 4 amide bonds. The first-order valence-electron chi connectivity index (χ1n) is 14.0. The number of ether oxygens (including phenoxy) is 1. The average molecular weight is 695 g/mol. The minimum absolute atomic E-state index is 0. The number of carbonyl (C=O) groups is 4. The van der Waals surface area contributed by atoms with Gasteiger partial charge in [-0.05, 0) is 79.3 Å². The fraction of sp³-hybridized carbons (Fsp3) is 0.212. The minimum Gasteiger partial charge on any atom is -0.496 e. The summed E-state index contributed by atoms with van der Waals surface area (Å²) in [6.07, 6.45) is 0. The number of amides is 4. The molecule has 0 fully saturated rings. The quantitative estimate of drug-likeness (QED) is 0.250. The number of carbonyl (C=O) groups excluding carboxylic acids is 4. The maximum atomic E-state index is 14.4. The Morgan fingerprint density at radius 1 is 1.00 bits per heavy atom. The highest BCUT2D eigenvalue weighted by Crippen LogP contribution is 2.38. The molecule has 4 N–H and O–H groups in total. The van der Waals surface area contributed by atoms with Gasteiger partial charge in [-0.2, -0.15) is 0 Å². The summed E-state index contributed by atoms with van der Waals surface area (Å²) in [5, 5.41) is 7.60. The van der Waals surface area contributed by atoms with Gasteiger partial charge in [0.1, 0.15) is 11.8 Å².